The third-order valence-electron chi connectivity index (χ3n) is 2.67. The Morgan fingerprint density at radius 1 is 1.30 bits per heavy atom. The lowest BCUT2D eigenvalue weighted by atomic mass is 10.2. The zero-order valence-electron chi connectivity index (χ0n) is 10.9. The molecule has 1 amide bonds. The van der Waals surface area contributed by atoms with E-state index in [1.807, 2.05) is 0 Å². The van der Waals surface area contributed by atoms with Gasteiger partial charge in [-0.1, -0.05) is 0 Å². The van der Waals surface area contributed by atoms with Crippen molar-refractivity contribution in [1.29, 1.82) is 0 Å². The fourth-order valence-corrected chi connectivity index (χ4v) is 1.66. The number of ether oxygens (including phenoxy) is 1. The highest BCUT2D eigenvalue weighted by Crippen LogP contribution is 2.16. The Bertz CT molecular complexity index is 649. The molecule has 104 valence electrons. The Morgan fingerprint density at radius 2 is 1.95 bits per heavy atom. The molecule has 0 unspecified atom stereocenters. The molecule has 0 radical (unpaired) electrons. The minimum Gasteiger partial charge on any atom is -0.464 e. The van der Waals surface area contributed by atoms with Crippen LogP contribution < -0.4 is 5.32 Å². The van der Waals surface area contributed by atoms with Crippen molar-refractivity contribution in [1.82, 2.24) is 9.78 Å². The lowest BCUT2D eigenvalue weighted by Gasteiger charge is -2.06. The molecule has 0 bridgehead atoms. The van der Waals surface area contributed by atoms with E-state index in [2.05, 4.69) is 15.2 Å². The summed E-state index contributed by atoms with van der Waals surface area (Å²) in [5, 5.41) is 6.42. The third-order valence-corrected chi connectivity index (χ3v) is 2.67. The highest BCUT2D eigenvalue weighted by atomic mass is 19.1. The Hall–Kier alpha value is -2.70. The number of esters is 1. The lowest BCUT2D eigenvalue weighted by Crippen LogP contribution is -2.16. The van der Waals surface area contributed by atoms with Gasteiger partial charge in [0.15, 0.2) is 5.69 Å². The number of amides is 1. The van der Waals surface area contributed by atoms with Crippen LogP contribution in [-0.4, -0.2) is 28.8 Å². The van der Waals surface area contributed by atoms with E-state index >= 15 is 0 Å². The number of hydrogen-bond acceptors (Lipinski definition) is 4. The van der Waals surface area contributed by atoms with Gasteiger partial charge in [0.05, 0.1) is 19.0 Å². The lowest BCUT2D eigenvalue weighted by molar-refractivity contribution is 0.0589. The number of nitrogens with zero attached hydrogens (tertiary/aromatic N) is 2. The monoisotopic (exact) mass is 277 g/mol. The molecule has 0 aliphatic carbocycles. The summed E-state index contributed by atoms with van der Waals surface area (Å²) in [6.07, 6.45) is 1.34. The summed E-state index contributed by atoms with van der Waals surface area (Å²) in [7, 11) is 2.79. The van der Waals surface area contributed by atoms with Crippen LogP contribution in [0.5, 0.6) is 0 Å². The van der Waals surface area contributed by atoms with E-state index in [1.54, 1.807) is 7.05 Å². The van der Waals surface area contributed by atoms with Crippen molar-refractivity contribution < 1.29 is 18.7 Å². The van der Waals surface area contributed by atoms with Gasteiger partial charge in [-0.05, 0) is 24.3 Å². The van der Waals surface area contributed by atoms with E-state index in [1.165, 1.54) is 42.3 Å². The number of benzene rings is 1. The molecular weight excluding hydrogens is 265 g/mol. The predicted molar refractivity (Wildman–Crippen MR) is 68.9 cm³/mol. The first-order valence-corrected chi connectivity index (χ1v) is 5.70. The fraction of sp³-hybridized carbons (Fsp3) is 0.154. The third kappa shape index (κ3) is 2.66. The highest BCUT2D eigenvalue weighted by Gasteiger charge is 2.19. The summed E-state index contributed by atoms with van der Waals surface area (Å²) in [6.45, 7) is 0. The van der Waals surface area contributed by atoms with Gasteiger partial charge in [-0.25, -0.2) is 9.18 Å². The quantitative estimate of drug-likeness (QED) is 0.865. The number of nitrogens with one attached hydrogen (secondary N) is 1. The Labute approximate surface area is 114 Å². The van der Waals surface area contributed by atoms with E-state index < -0.39 is 17.7 Å². The number of aromatic nitrogens is 2. The average molecular weight is 277 g/mol. The van der Waals surface area contributed by atoms with Crippen LogP contribution in [-0.2, 0) is 11.8 Å². The Kier molecular flexibility index (Phi) is 3.79. The van der Waals surface area contributed by atoms with Crippen LogP contribution in [0.1, 0.15) is 20.8 Å². The van der Waals surface area contributed by atoms with Gasteiger partial charge in [-0.15, -0.1) is 0 Å². The summed E-state index contributed by atoms with van der Waals surface area (Å²) < 4.78 is 18.7. The summed E-state index contributed by atoms with van der Waals surface area (Å²) >= 11 is 0. The van der Waals surface area contributed by atoms with Crippen LogP contribution in [0.4, 0.5) is 10.1 Å². The zero-order chi connectivity index (χ0) is 14.7. The maximum atomic E-state index is 12.8. The fourth-order valence-electron chi connectivity index (χ4n) is 1.66. The molecule has 1 aromatic carbocycles. The smallest absolute Gasteiger partial charge is 0.358 e. The maximum Gasteiger partial charge on any atom is 0.358 e. The second-order valence-electron chi connectivity index (χ2n) is 3.98. The molecule has 0 atom stereocenters. The molecule has 6 nitrogen and oxygen atoms in total. The Balaban J connectivity index is 2.24. The van der Waals surface area contributed by atoms with Gasteiger partial charge in [0, 0.05) is 12.6 Å². The molecule has 7 heteroatoms. The van der Waals surface area contributed by atoms with Crippen LogP contribution in [0.3, 0.4) is 0 Å². The number of anilines is 1. The van der Waals surface area contributed by atoms with Gasteiger partial charge in [-0.2, -0.15) is 5.10 Å². The minimum absolute atomic E-state index is 0.128. The van der Waals surface area contributed by atoms with Crippen LogP contribution in [0, 0.1) is 5.82 Å². The minimum atomic E-state index is -0.612. The molecule has 1 aromatic heterocycles. The van der Waals surface area contributed by atoms with Gasteiger partial charge in [-0.3, -0.25) is 9.48 Å². The molecule has 2 aromatic rings. The first-order chi connectivity index (χ1) is 9.52. The molecule has 1 heterocycles. The second kappa shape index (κ2) is 5.52. The largest absolute Gasteiger partial charge is 0.464 e. The van der Waals surface area contributed by atoms with Crippen molar-refractivity contribution >= 4 is 17.6 Å². The molecule has 0 saturated heterocycles. The van der Waals surface area contributed by atoms with E-state index in [0.29, 0.717) is 0 Å². The number of carbonyl (C=O) groups excluding carboxylic acids is 2. The summed E-state index contributed by atoms with van der Waals surface area (Å²) in [4.78, 5) is 23.6. The van der Waals surface area contributed by atoms with E-state index in [4.69, 9.17) is 0 Å². The SMILES string of the molecule is COC(=O)c1c(NC(=O)c2ccc(F)cc2)cnn1C. The first kappa shape index (κ1) is 13.7. The predicted octanol–water partition coefficient (Wildman–Crippen LogP) is 1.60. The van der Waals surface area contributed by atoms with Gasteiger partial charge in [0.1, 0.15) is 5.82 Å². The summed E-state index contributed by atoms with van der Waals surface area (Å²) in [5.41, 5.74) is 0.628. The average Bonchev–Trinajstić information content (AvgIpc) is 2.79. The van der Waals surface area contributed by atoms with Gasteiger partial charge in [0.2, 0.25) is 0 Å². The number of rotatable bonds is 3. The molecule has 0 aliphatic heterocycles. The van der Waals surface area contributed by atoms with Crippen LogP contribution in [0.15, 0.2) is 30.5 Å². The van der Waals surface area contributed by atoms with Crippen molar-refractivity contribution in [3.8, 4) is 0 Å². The van der Waals surface area contributed by atoms with Crippen molar-refractivity contribution in [2.24, 2.45) is 7.05 Å². The topological polar surface area (TPSA) is 73.2 Å². The van der Waals surface area contributed by atoms with Crippen molar-refractivity contribution in [3.05, 3.63) is 47.5 Å². The highest BCUT2D eigenvalue weighted by molar-refractivity contribution is 6.07. The number of halogens is 1. The van der Waals surface area contributed by atoms with E-state index in [9.17, 15) is 14.0 Å². The van der Waals surface area contributed by atoms with Crippen LogP contribution in [0.25, 0.3) is 0 Å². The molecule has 0 spiro atoms. The summed E-state index contributed by atoms with van der Waals surface area (Å²) in [5.74, 6) is -1.51. The maximum absolute atomic E-state index is 12.8. The number of carbonyl (C=O) groups is 2. The van der Waals surface area contributed by atoms with Crippen molar-refractivity contribution in [2.45, 2.75) is 0 Å². The summed E-state index contributed by atoms with van der Waals surface area (Å²) in [6, 6.07) is 5.05. The molecule has 1 N–H and O–H groups in total. The van der Waals surface area contributed by atoms with Crippen molar-refractivity contribution in [3.63, 3.8) is 0 Å². The number of aryl methyl sites for hydroxylation is 1. The van der Waals surface area contributed by atoms with Gasteiger partial charge >= 0.3 is 5.97 Å². The number of hydrogen-bond donors (Lipinski definition) is 1. The molecule has 2 rings (SSSR count). The van der Waals surface area contributed by atoms with Crippen LogP contribution in [0.2, 0.25) is 0 Å². The van der Waals surface area contributed by atoms with Gasteiger partial charge < -0.3 is 10.1 Å². The molecule has 0 fully saturated rings. The molecule has 20 heavy (non-hydrogen) atoms. The molecular formula is C13H12FN3O3. The van der Waals surface area contributed by atoms with Gasteiger partial charge in [0.25, 0.3) is 5.91 Å². The molecule has 0 saturated carbocycles. The normalized spacial score (nSPS) is 10.2. The zero-order valence-corrected chi connectivity index (χ0v) is 10.9. The second-order valence-corrected chi connectivity index (χ2v) is 3.98. The molecule has 0 aliphatic rings. The van der Waals surface area contributed by atoms with E-state index in [-0.39, 0.29) is 16.9 Å². The number of methoxy groups -OCH3 is 1. The first-order valence-electron chi connectivity index (χ1n) is 5.70. The van der Waals surface area contributed by atoms with Crippen molar-refractivity contribution in [2.75, 3.05) is 12.4 Å². The standard InChI is InChI=1S/C13H12FN3O3/c1-17-11(13(19)20-2)10(7-15-17)16-12(18)8-3-5-9(14)6-4-8/h3-7H,1-2H3,(H,16,18). The Morgan fingerprint density at radius 3 is 2.55 bits per heavy atom. The van der Waals surface area contributed by atoms with Crippen LogP contribution >= 0.6 is 0 Å². The van der Waals surface area contributed by atoms with E-state index in [0.717, 1.165) is 0 Å².